The molecule has 4 heteroatoms. The summed E-state index contributed by atoms with van der Waals surface area (Å²) in [7, 11) is 0. The average molecular weight is 378 g/mol. The van der Waals surface area contributed by atoms with Crippen LogP contribution in [-0.2, 0) is 6.54 Å². The van der Waals surface area contributed by atoms with E-state index in [2.05, 4.69) is 76.9 Å². The molecule has 0 unspecified atom stereocenters. The summed E-state index contributed by atoms with van der Waals surface area (Å²) in [6.07, 6.45) is 8.51. The van der Waals surface area contributed by atoms with Crippen LogP contribution in [0, 0.1) is 6.92 Å². The number of aromatic nitrogens is 1. The van der Waals surface area contributed by atoms with Crippen molar-refractivity contribution in [3.8, 4) is 0 Å². The Morgan fingerprint density at radius 3 is 2.74 bits per heavy atom. The highest BCUT2D eigenvalue weighted by Gasteiger charge is 2.24. The lowest BCUT2D eigenvalue weighted by molar-refractivity contribution is 0.241. The van der Waals surface area contributed by atoms with Crippen molar-refractivity contribution >= 4 is 33.9 Å². The van der Waals surface area contributed by atoms with Crippen LogP contribution in [0.3, 0.4) is 0 Å². The van der Waals surface area contributed by atoms with E-state index in [4.69, 9.17) is 12.2 Å². The molecular weight excluding hydrogens is 350 g/mol. The highest BCUT2D eigenvalue weighted by Crippen LogP contribution is 2.27. The van der Waals surface area contributed by atoms with Crippen LogP contribution in [0.5, 0.6) is 0 Å². The summed E-state index contributed by atoms with van der Waals surface area (Å²) in [5.41, 5.74) is 4.81. The molecular formula is C23H27N3S. The van der Waals surface area contributed by atoms with E-state index in [1.807, 2.05) is 0 Å². The molecule has 1 aliphatic rings. The van der Waals surface area contributed by atoms with Crippen LogP contribution < -0.4 is 5.32 Å². The second kappa shape index (κ2) is 8.13. The topological polar surface area (TPSA) is 31.1 Å². The number of hydrogen-bond acceptors (Lipinski definition) is 1. The normalized spacial score (nSPS) is 15.0. The molecule has 0 atom stereocenters. The number of para-hydroxylation sites is 1. The van der Waals surface area contributed by atoms with E-state index in [1.165, 1.54) is 54.1 Å². The number of hydrogen-bond donors (Lipinski definition) is 2. The zero-order valence-electron chi connectivity index (χ0n) is 15.9. The van der Waals surface area contributed by atoms with Crippen molar-refractivity contribution in [3.63, 3.8) is 0 Å². The van der Waals surface area contributed by atoms with Crippen LogP contribution in [0.4, 0.5) is 5.69 Å². The number of rotatable bonds is 4. The highest BCUT2D eigenvalue weighted by molar-refractivity contribution is 7.80. The molecule has 0 amide bonds. The van der Waals surface area contributed by atoms with E-state index in [9.17, 15) is 0 Å². The number of H-pyrrole nitrogens is 1. The molecule has 2 N–H and O–H groups in total. The smallest absolute Gasteiger partial charge is 0.173 e. The fourth-order valence-corrected chi connectivity index (χ4v) is 4.45. The van der Waals surface area contributed by atoms with Crippen LogP contribution in [0.15, 0.2) is 54.7 Å². The van der Waals surface area contributed by atoms with Gasteiger partial charge < -0.3 is 15.2 Å². The van der Waals surface area contributed by atoms with Gasteiger partial charge in [0.2, 0.25) is 0 Å². The molecule has 0 aliphatic heterocycles. The molecule has 0 spiro atoms. The molecule has 0 bridgehead atoms. The Kier molecular flexibility index (Phi) is 5.44. The Hall–Kier alpha value is -2.33. The molecule has 0 saturated heterocycles. The number of fused-ring (bicyclic) bond motifs is 1. The maximum absolute atomic E-state index is 5.88. The monoisotopic (exact) mass is 377 g/mol. The summed E-state index contributed by atoms with van der Waals surface area (Å²) in [5, 5.41) is 5.61. The van der Waals surface area contributed by atoms with Gasteiger partial charge in [0.1, 0.15) is 0 Å². The standard InChI is InChI=1S/C23H27N3S/c1-17-8-7-9-19(14-17)25-23(27)26(20-10-3-2-4-11-20)16-18-15-24-22-13-6-5-12-21(18)22/h5-9,12-15,20,24H,2-4,10-11,16H2,1H3,(H,25,27). The van der Waals surface area contributed by atoms with E-state index < -0.39 is 0 Å². The second-order valence-corrected chi connectivity index (χ2v) is 7.97. The Bertz CT molecular complexity index is 924. The van der Waals surface area contributed by atoms with E-state index in [-0.39, 0.29) is 0 Å². The van der Waals surface area contributed by atoms with Crippen molar-refractivity contribution in [1.82, 2.24) is 9.88 Å². The van der Waals surface area contributed by atoms with Gasteiger partial charge in [-0.2, -0.15) is 0 Å². The third kappa shape index (κ3) is 4.16. The van der Waals surface area contributed by atoms with E-state index in [0.717, 1.165) is 17.3 Å². The van der Waals surface area contributed by atoms with E-state index in [0.29, 0.717) is 6.04 Å². The van der Waals surface area contributed by atoms with Crippen molar-refractivity contribution in [2.75, 3.05) is 5.32 Å². The van der Waals surface area contributed by atoms with Gasteiger partial charge in [-0.1, -0.05) is 49.6 Å². The minimum absolute atomic E-state index is 0.511. The minimum atomic E-state index is 0.511. The lowest BCUT2D eigenvalue weighted by Gasteiger charge is -2.36. The van der Waals surface area contributed by atoms with Gasteiger partial charge >= 0.3 is 0 Å². The summed E-state index contributed by atoms with van der Waals surface area (Å²) >= 11 is 5.88. The summed E-state index contributed by atoms with van der Waals surface area (Å²) in [4.78, 5) is 5.81. The molecule has 1 saturated carbocycles. The first kappa shape index (κ1) is 18.1. The molecule has 2 aromatic carbocycles. The van der Waals surface area contributed by atoms with Gasteiger partial charge in [0.25, 0.3) is 0 Å². The molecule has 3 aromatic rings. The number of nitrogens with zero attached hydrogens (tertiary/aromatic N) is 1. The number of benzene rings is 2. The molecule has 1 aromatic heterocycles. The molecule has 1 fully saturated rings. The van der Waals surface area contributed by atoms with Crippen LogP contribution in [0.2, 0.25) is 0 Å². The predicted octanol–water partition coefficient (Wildman–Crippen LogP) is 6.01. The fraction of sp³-hybridized carbons (Fsp3) is 0.348. The largest absolute Gasteiger partial charge is 0.361 e. The van der Waals surface area contributed by atoms with Gasteiger partial charge in [-0.3, -0.25) is 0 Å². The predicted molar refractivity (Wildman–Crippen MR) is 118 cm³/mol. The van der Waals surface area contributed by atoms with Crippen molar-refractivity contribution in [2.45, 2.75) is 51.6 Å². The van der Waals surface area contributed by atoms with Crippen molar-refractivity contribution in [3.05, 3.63) is 65.9 Å². The molecule has 0 radical (unpaired) electrons. The summed E-state index contributed by atoms with van der Waals surface area (Å²) < 4.78 is 0. The van der Waals surface area contributed by atoms with Gasteiger partial charge in [0.15, 0.2) is 5.11 Å². The quantitative estimate of drug-likeness (QED) is 0.546. The van der Waals surface area contributed by atoms with E-state index >= 15 is 0 Å². The lowest BCUT2D eigenvalue weighted by atomic mass is 9.94. The van der Waals surface area contributed by atoms with Crippen LogP contribution in [0.25, 0.3) is 10.9 Å². The van der Waals surface area contributed by atoms with Gasteiger partial charge in [-0.15, -0.1) is 0 Å². The first-order valence-electron chi connectivity index (χ1n) is 9.90. The first-order chi connectivity index (χ1) is 13.2. The number of aromatic amines is 1. The van der Waals surface area contributed by atoms with Crippen LogP contribution >= 0.6 is 12.2 Å². The zero-order valence-corrected chi connectivity index (χ0v) is 16.7. The number of anilines is 1. The molecule has 27 heavy (non-hydrogen) atoms. The number of thiocarbonyl (C=S) groups is 1. The third-order valence-corrected chi connectivity index (χ3v) is 5.90. The molecule has 4 rings (SSSR count). The Balaban J connectivity index is 1.59. The Morgan fingerprint density at radius 2 is 1.93 bits per heavy atom. The maximum atomic E-state index is 5.88. The molecule has 140 valence electrons. The van der Waals surface area contributed by atoms with Crippen molar-refractivity contribution in [1.29, 1.82) is 0 Å². The summed E-state index contributed by atoms with van der Waals surface area (Å²) in [6.45, 7) is 2.95. The summed E-state index contributed by atoms with van der Waals surface area (Å²) in [5.74, 6) is 0. The Morgan fingerprint density at radius 1 is 1.11 bits per heavy atom. The van der Waals surface area contributed by atoms with Crippen LogP contribution in [0.1, 0.15) is 43.2 Å². The van der Waals surface area contributed by atoms with E-state index in [1.54, 1.807) is 0 Å². The van der Waals surface area contributed by atoms with Crippen LogP contribution in [-0.4, -0.2) is 21.0 Å². The first-order valence-corrected chi connectivity index (χ1v) is 10.3. The average Bonchev–Trinajstić information content (AvgIpc) is 3.10. The fourth-order valence-electron chi connectivity index (χ4n) is 4.12. The van der Waals surface area contributed by atoms with Gasteiger partial charge in [0.05, 0.1) is 0 Å². The zero-order chi connectivity index (χ0) is 18.6. The maximum Gasteiger partial charge on any atom is 0.173 e. The number of nitrogens with one attached hydrogen (secondary N) is 2. The van der Waals surface area contributed by atoms with Crippen molar-refractivity contribution in [2.24, 2.45) is 0 Å². The third-order valence-electron chi connectivity index (χ3n) is 5.56. The summed E-state index contributed by atoms with van der Waals surface area (Å²) in [6, 6.07) is 17.4. The molecule has 1 aliphatic carbocycles. The van der Waals surface area contributed by atoms with Gasteiger partial charge in [-0.25, -0.2) is 0 Å². The molecule has 1 heterocycles. The highest BCUT2D eigenvalue weighted by atomic mass is 32.1. The lowest BCUT2D eigenvalue weighted by Crippen LogP contribution is -2.43. The van der Waals surface area contributed by atoms with Crippen molar-refractivity contribution < 1.29 is 0 Å². The van der Waals surface area contributed by atoms with Gasteiger partial charge in [0, 0.05) is 35.4 Å². The Labute approximate surface area is 166 Å². The second-order valence-electron chi connectivity index (χ2n) is 7.58. The number of aryl methyl sites for hydroxylation is 1. The SMILES string of the molecule is Cc1cccc(NC(=S)N(Cc2c[nH]c3ccccc23)C2CCCCC2)c1. The molecule has 3 nitrogen and oxygen atoms in total. The van der Waals surface area contributed by atoms with Gasteiger partial charge in [-0.05, 0) is 61.3 Å². The minimum Gasteiger partial charge on any atom is -0.361 e.